The molecule has 2 aromatic rings. The maximum absolute atomic E-state index is 11.7. The zero-order valence-corrected chi connectivity index (χ0v) is 11.1. The summed E-state index contributed by atoms with van der Waals surface area (Å²) in [6.07, 6.45) is 3.85. The van der Waals surface area contributed by atoms with E-state index >= 15 is 0 Å². The van der Waals surface area contributed by atoms with E-state index in [0.29, 0.717) is 23.4 Å². The molecule has 1 aromatic carbocycles. The molecule has 0 saturated carbocycles. The number of hydrogen-bond acceptors (Lipinski definition) is 3. The lowest BCUT2D eigenvalue weighted by Crippen LogP contribution is -2.13. The fourth-order valence-electron chi connectivity index (χ4n) is 1.69. The van der Waals surface area contributed by atoms with Crippen molar-refractivity contribution in [2.45, 2.75) is 6.42 Å². The molecule has 0 spiro atoms. The number of nitrogens with one attached hydrogen (secondary N) is 2. The third kappa shape index (κ3) is 3.66. The molecule has 0 unspecified atom stereocenters. The maximum Gasteiger partial charge on any atom is 0.255 e. The SMILES string of the molecule is C=CCOc1cccc(Cc2c[nH]c(=S)[nH]c2=O)c1. The summed E-state index contributed by atoms with van der Waals surface area (Å²) in [5.74, 6) is 0.762. The molecule has 4 nitrogen and oxygen atoms in total. The summed E-state index contributed by atoms with van der Waals surface area (Å²) in [4.78, 5) is 17.1. The second-order valence-corrected chi connectivity index (χ2v) is 4.43. The van der Waals surface area contributed by atoms with Gasteiger partial charge in [-0.15, -0.1) is 0 Å². The largest absolute Gasteiger partial charge is 0.490 e. The second-order valence-electron chi connectivity index (χ2n) is 4.02. The number of H-pyrrole nitrogens is 2. The molecule has 0 bridgehead atoms. The summed E-state index contributed by atoms with van der Waals surface area (Å²) in [5.41, 5.74) is 1.47. The average molecular weight is 274 g/mol. The molecule has 1 aromatic heterocycles. The van der Waals surface area contributed by atoms with E-state index in [0.717, 1.165) is 11.3 Å². The van der Waals surface area contributed by atoms with Crippen molar-refractivity contribution >= 4 is 12.2 Å². The van der Waals surface area contributed by atoms with Crippen LogP contribution in [0.3, 0.4) is 0 Å². The molecule has 1 heterocycles. The number of hydrogen-bond donors (Lipinski definition) is 2. The third-order valence-corrected chi connectivity index (χ3v) is 2.78. The maximum atomic E-state index is 11.7. The topological polar surface area (TPSA) is 57.9 Å². The zero-order chi connectivity index (χ0) is 13.7. The van der Waals surface area contributed by atoms with Gasteiger partial charge in [-0.05, 0) is 29.9 Å². The Hall–Kier alpha value is -2.14. The monoisotopic (exact) mass is 274 g/mol. The van der Waals surface area contributed by atoms with Gasteiger partial charge in [0.25, 0.3) is 5.56 Å². The van der Waals surface area contributed by atoms with Crippen molar-refractivity contribution in [3.63, 3.8) is 0 Å². The number of ether oxygens (including phenoxy) is 1. The van der Waals surface area contributed by atoms with Gasteiger partial charge in [0.15, 0.2) is 4.77 Å². The molecule has 19 heavy (non-hydrogen) atoms. The quantitative estimate of drug-likeness (QED) is 0.651. The molecule has 0 amide bonds. The first kappa shape index (κ1) is 13.3. The van der Waals surface area contributed by atoms with Crippen molar-refractivity contribution < 1.29 is 4.74 Å². The van der Waals surface area contributed by atoms with Gasteiger partial charge in [0.2, 0.25) is 0 Å². The summed E-state index contributed by atoms with van der Waals surface area (Å²) in [7, 11) is 0. The molecule has 0 saturated heterocycles. The van der Waals surface area contributed by atoms with Gasteiger partial charge in [-0.1, -0.05) is 24.8 Å². The molecule has 0 atom stereocenters. The van der Waals surface area contributed by atoms with Crippen LogP contribution >= 0.6 is 12.2 Å². The Morgan fingerprint density at radius 1 is 1.42 bits per heavy atom. The fourth-order valence-corrected chi connectivity index (χ4v) is 1.84. The summed E-state index contributed by atoms with van der Waals surface area (Å²) in [5, 5.41) is 0. The molecule has 2 rings (SSSR count). The molecule has 0 aliphatic heterocycles. The molecular weight excluding hydrogens is 260 g/mol. The van der Waals surface area contributed by atoms with Crippen molar-refractivity contribution in [2.75, 3.05) is 6.61 Å². The van der Waals surface area contributed by atoms with E-state index in [4.69, 9.17) is 17.0 Å². The highest BCUT2D eigenvalue weighted by molar-refractivity contribution is 7.71. The summed E-state index contributed by atoms with van der Waals surface area (Å²) in [6, 6.07) is 7.62. The Balaban J connectivity index is 2.20. The Kier molecular flexibility index (Phi) is 4.30. The summed E-state index contributed by atoms with van der Waals surface area (Å²) >= 11 is 4.85. The van der Waals surface area contributed by atoms with Crippen LogP contribution in [0.25, 0.3) is 0 Å². The van der Waals surface area contributed by atoms with Crippen molar-refractivity contribution in [1.29, 1.82) is 0 Å². The van der Waals surface area contributed by atoms with E-state index in [1.807, 2.05) is 24.3 Å². The third-order valence-electron chi connectivity index (χ3n) is 2.56. The van der Waals surface area contributed by atoms with Gasteiger partial charge in [-0.3, -0.25) is 9.78 Å². The van der Waals surface area contributed by atoms with Gasteiger partial charge in [0.05, 0.1) is 0 Å². The number of rotatable bonds is 5. The van der Waals surface area contributed by atoms with E-state index in [1.54, 1.807) is 12.3 Å². The fraction of sp³-hybridized carbons (Fsp3) is 0.143. The number of benzene rings is 1. The van der Waals surface area contributed by atoms with Crippen LogP contribution in [-0.2, 0) is 6.42 Å². The van der Waals surface area contributed by atoms with Gasteiger partial charge in [-0.25, -0.2) is 0 Å². The van der Waals surface area contributed by atoms with Crippen LogP contribution in [0.5, 0.6) is 5.75 Å². The van der Waals surface area contributed by atoms with E-state index < -0.39 is 0 Å². The Morgan fingerprint density at radius 3 is 3.00 bits per heavy atom. The molecule has 5 heteroatoms. The van der Waals surface area contributed by atoms with Crippen molar-refractivity contribution in [3.8, 4) is 5.75 Å². The van der Waals surface area contributed by atoms with Gasteiger partial charge < -0.3 is 9.72 Å². The van der Waals surface area contributed by atoms with E-state index in [9.17, 15) is 4.79 Å². The van der Waals surface area contributed by atoms with Crippen LogP contribution in [0.4, 0.5) is 0 Å². The Morgan fingerprint density at radius 2 is 2.26 bits per heavy atom. The van der Waals surface area contributed by atoms with E-state index in [1.165, 1.54) is 0 Å². The molecule has 0 aliphatic carbocycles. The van der Waals surface area contributed by atoms with Crippen molar-refractivity contribution in [2.24, 2.45) is 0 Å². The molecular formula is C14H14N2O2S. The highest BCUT2D eigenvalue weighted by Crippen LogP contribution is 2.15. The number of aromatic nitrogens is 2. The van der Waals surface area contributed by atoms with Crippen LogP contribution in [0.2, 0.25) is 0 Å². The van der Waals surface area contributed by atoms with Crippen LogP contribution in [0.15, 0.2) is 47.9 Å². The molecule has 0 aliphatic rings. The predicted octanol–water partition coefficient (Wildman–Crippen LogP) is 2.59. The Labute approximate surface area is 115 Å². The predicted molar refractivity (Wildman–Crippen MR) is 77.2 cm³/mol. The first-order valence-corrected chi connectivity index (χ1v) is 6.23. The first-order chi connectivity index (χ1) is 9.19. The van der Waals surface area contributed by atoms with E-state index in [2.05, 4.69) is 16.5 Å². The smallest absolute Gasteiger partial charge is 0.255 e. The first-order valence-electron chi connectivity index (χ1n) is 5.82. The van der Waals surface area contributed by atoms with Gasteiger partial charge in [-0.2, -0.15) is 0 Å². The lowest BCUT2D eigenvalue weighted by atomic mass is 10.1. The second kappa shape index (κ2) is 6.15. The van der Waals surface area contributed by atoms with Crippen LogP contribution in [0.1, 0.15) is 11.1 Å². The Bertz CT molecular complexity index is 688. The highest BCUT2D eigenvalue weighted by Gasteiger charge is 2.02. The summed E-state index contributed by atoms with van der Waals surface area (Å²) < 4.78 is 5.78. The van der Waals surface area contributed by atoms with Crippen LogP contribution in [-0.4, -0.2) is 16.6 Å². The van der Waals surface area contributed by atoms with Crippen LogP contribution in [0, 0.1) is 4.77 Å². The molecule has 2 N–H and O–H groups in total. The minimum absolute atomic E-state index is 0.166. The van der Waals surface area contributed by atoms with Gasteiger partial charge in [0, 0.05) is 18.2 Å². The van der Waals surface area contributed by atoms with Crippen molar-refractivity contribution in [1.82, 2.24) is 9.97 Å². The van der Waals surface area contributed by atoms with Gasteiger partial charge in [0.1, 0.15) is 12.4 Å². The summed E-state index contributed by atoms with van der Waals surface area (Å²) in [6.45, 7) is 4.06. The molecule has 0 radical (unpaired) electrons. The normalized spacial score (nSPS) is 10.1. The zero-order valence-electron chi connectivity index (χ0n) is 10.3. The minimum atomic E-state index is -0.166. The van der Waals surface area contributed by atoms with Crippen molar-refractivity contribution in [3.05, 3.63) is 69.4 Å². The molecule has 98 valence electrons. The van der Waals surface area contributed by atoms with E-state index in [-0.39, 0.29) is 5.56 Å². The minimum Gasteiger partial charge on any atom is -0.490 e. The van der Waals surface area contributed by atoms with Gasteiger partial charge >= 0.3 is 0 Å². The lowest BCUT2D eigenvalue weighted by molar-refractivity contribution is 0.363. The van der Waals surface area contributed by atoms with Crippen LogP contribution < -0.4 is 10.3 Å². The average Bonchev–Trinajstić information content (AvgIpc) is 2.40. The number of aromatic amines is 2. The molecule has 0 fully saturated rings. The lowest BCUT2D eigenvalue weighted by Gasteiger charge is -2.06. The standard InChI is InChI=1S/C14H14N2O2S/c1-2-6-18-12-5-3-4-10(8-12)7-11-9-15-14(19)16-13(11)17/h2-5,8-9H,1,6-7H2,(H2,15,16,17,19). The highest BCUT2D eigenvalue weighted by atomic mass is 32.1.